The molecule has 1 unspecified atom stereocenters. The predicted molar refractivity (Wildman–Crippen MR) is 61.2 cm³/mol. The van der Waals surface area contributed by atoms with Gasteiger partial charge in [-0.2, -0.15) is 0 Å². The minimum atomic E-state index is -0.411. The normalized spacial score (nSPS) is 22.9. The molecule has 2 atom stereocenters. The topological polar surface area (TPSA) is 12.5 Å². The van der Waals surface area contributed by atoms with E-state index in [9.17, 15) is 8.78 Å². The fraction of sp³-hybridized carbons (Fsp3) is 0.462. The van der Waals surface area contributed by atoms with E-state index in [0.717, 1.165) is 25.5 Å². The van der Waals surface area contributed by atoms with Crippen LogP contribution in [0.15, 0.2) is 18.2 Å². The molecule has 93 valence electrons. The number of nitrogens with zero attached hydrogens (tertiary/aromatic N) is 1. The van der Waals surface area contributed by atoms with Gasteiger partial charge in [0.2, 0.25) is 0 Å². The Labute approximate surface area is 100 Å². The van der Waals surface area contributed by atoms with Crippen LogP contribution in [0.25, 0.3) is 0 Å². The number of likely N-dealkylation sites (tertiary alicyclic amines) is 1. The molecule has 0 N–H and O–H groups in total. The van der Waals surface area contributed by atoms with Crippen molar-refractivity contribution < 1.29 is 13.5 Å². The molecule has 0 aliphatic carbocycles. The van der Waals surface area contributed by atoms with Gasteiger partial charge in [0.1, 0.15) is 17.9 Å². The second-order valence-corrected chi connectivity index (χ2v) is 4.25. The molecule has 1 aliphatic heterocycles. The van der Waals surface area contributed by atoms with Crippen LogP contribution in [-0.2, 0) is 4.74 Å². The maximum Gasteiger partial charge on any atom is 0.128 e. The van der Waals surface area contributed by atoms with E-state index in [1.54, 1.807) is 7.11 Å². The zero-order valence-electron chi connectivity index (χ0n) is 9.83. The summed E-state index contributed by atoms with van der Waals surface area (Å²) in [5.41, 5.74) is 0.396. The molecule has 0 aromatic heterocycles. The lowest BCUT2D eigenvalue weighted by Gasteiger charge is -2.29. The number of methoxy groups -OCH3 is 1. The molecule has 17 heavy (non-hydrogen) atoms. The molecule has 1 fully saturated rings. The average Bonchev–Trinajstić information content (AvgIpc) is 2.80. The lowest BCUT2D eigenvalue weighted by Crippen LogP contribution is -2.34. The first kappa shape index (κ1) is 12.5. The first-order valence-corrected chi connectivity index (χ1v) is 5.70. The van der Waals surface area contributed by atoms with Crippen molar-refractivity contribution >= 4 is 0 Å². The first-order chi connectivity index (χ1) is 8.13. The third kappa shape index (κ3) is 2.48. The predicted octanol–water partition coefficient (Wildman–Crippen LogP) is 2.91. The number of benzene rings is 1. The van der Waals surface area contributed by atoms with Crippen LogP contribution in [0.4, 0.5) is 8.78 Å². The van der Waals surface area contributed by atoms with Crippen LogP contribution in [0.3, 0.4) is 0 Å². The maximum absolute atomic E-state index is 13.7. The van der Waals surface area contributed by atoms with Gasteiger partial charge in [-0.05, 0) is 38.0 Å². The van der Waals surface area contributed by atoms with Crippen molar-refractivity contribution in [3.63, 3.8) is 0 Å². The molecule has 1 radical (unpaired) electrons. The maximum atomic E-state index is 13.7. The van der Waals surface area contributed by atoms with E-state index in [2.05, 4.69) is 6.92 Å². The summed E-state index contributed by atoms with van der Waals surface area (Å²) in [4.78, 5) is 1.96. The van der Waals surface area contributed by atoms with Crippen LogP contribution < -0.4 is 0 Å². The average molecular weight is 240 g/mol. The van der Waals surface area contributed by atoms with E-state index >= 15 is 0 Å². The Kier molecular flexibility index (Phi) is 3.74. The molecule has 0 bridgehead atoms. The third-order valence-corrected chi connectivity index (χ3v) is 3.25. The summed E-state index contributed by atoms with van der Waals surface area (Å²) in [6.45, 7) is 4.65. The minimum Gasteiger partial charge on any atom is -0.366 e. The van der Waals surface area contributed by atoms with Gasteiger partial charge >= 0.3 is 0 Å². The van der Waals surface area contributed by atoms with Crippen molar-refractivity contribution in [2.75, 3.05) is 13.7 Å². The Morgan fingerprint density at radius 1 is 1.47 bits per heavy atom. The summed E-state index contributed by atoms with van der Waals surface area (Å²) >= 11 is 0. The molecule has 0 saturated carbocycles. The summed E-state index contributed by atoms with van der Waals surface area (Å²) in [6, 6.07) is 3.43. The van der Waals surface area contributed by atoms with Crippen LogP contribution in [0.1, 0.15) is 24.4 Å². The first-order valence-electron chi connectivity index (χ1n) is 5.70. The summed E-state index contributed by atoms with van der Waals surface area (Å²) in [6.07, 6.45) is 1.41. The van der Waals surface area contributed by atoms with E-state index in [-0.39, 0.29) is 18.1 Å². The lowest BCUT2D eigenvalue weighted by molar-refractivity contribution is -0.00873. The van der Waals surface area contributed by atoms with Crippen LogP contribution >= 0.6 is 0 Å². The van der Waals surface area contributed by atoms with Gasteiger partial charge in [-0.25, -0.2) is 8.78 Å². The van der Waals surface area contributed by atoms with Gasteiger partial charge in [0.15, 0.2) is 0 Å². The van der Waals surface area contributed by atoms with E-state index in [4.69, 9.17) is 4.74 Å². The molecular formula is C13H16F2NO. The van der Waals surface area contributed by atoms with Crippen LogP contribution in [0.5, 0.6) is 0 Å². The van der Waals surface area contributed by atoms with Gasteiger partial charge in [-0.3, -0.25) is 4.90 Å². The Bertz CT molecular complexity index is 397. The van der Waals surface area contributed by atoms with E-state index in [1.165, 1.54) is 12.1 Å². The molecular weight excluding hydrogens is 224 g/mol. The molecule has 1 aromatic rings. The fourth-order valence-corrected chi connectivity index (χ4v) is 2.37. The van der Waals surface area contributed by atoms with E-state index in [0.29, 0.717) is 5.56 Å². The molecule has 1 aliphatic rings. The smallest absolute Gasteiger partial charge is 0.128 e. The summed E-state index contributed by atoms with van der Waals surface area (Å²) in [7, 11) is 1.56. The number of hydrogen-bond donors (Lipinski definition) is 0. The number of halogens is 2. The van der Waals surface area contributed by atoms with Crippen molar-refractivity contribution in [1.29, 1.82) is 0 Å². The highest BCUT2D eigenvalue weighted by Gasteiger charge is 2.31. The zero-order chi connectivity index (χ0) is 12.4. The van der Waals surface area contributed by atoms with Crippen LogP contribution in [0, 0.1) is 18.6 Å². The van der Waals surface area contributed by atoms with Crippen molar-refractivity contribution in [3.05, 3.63) is 42.3 Å². The molecule has 1 heterocycles. The molecule has 4 heteroatoms. The molecule has 0 amide bonds. The number of rotatable bonds is 3. The molecule has 2 nitrogen and oxygen atoms in total. The quantitative estimate of drug-likeness (QED) is 0.805. The van der Waals surface area contributed by atoms with Crippen molar-refractivity contribution in [2.24, 2.45) is 0 Å². The second kappa shape index (κ2) is 5.10. The largest absolute Gasteiger partial charge is 0.366 e. The van der Waals surface area contributed by atoms with Crippen LogP contribution in [-0.4, -0.2) is 24.8 Å². The Hall–Kier alpha value is -1.00. The van der Waals surface area contributed by atoms with Gasteiger partial charge in [0, 0.05) is 25.3 Å². The summed E-state index contributed by atoms with van der Waals surface area (Å²) < 4.78 is 32.0. The second-order valence-electron chi connectivity index (χ2n) is 4.25. The molecule has 1 saturated heterocycles. The van der Waals surface area contributed by atoms with E-state index in [1.807, 2.05) is 4.90 Å². The van der Waals surface area contributed by atoms with Crippen molar-refractivity contribution in [2.45, 2.75) is 25.1 Å². The Morgan fingerprint density at radius 3 is 2.94 bits per heavy atom. The molecule has 1 aromatic carbocycles. The lowest BCUT2D eigenvalue weighted by atomic mass is 10.0. The standard InChI is InChI=1S/C13H16F2NO/c1-9(17-2)16-7-3-4-13(16)11-8-10(14)5-6-12(11)15/h5-6,8-9,13H,1,3-4,7H2,2H3/t9?,13-/m1/s1. The SMILES string of the molecule is [CH2]C(OC)N1CCC[C@@H]1c1cc(F)ccc1F. The third-order valence-electron chi connectivity index (χ3n) is 3.25. The number of hydrogen-bond acceptors (Lipinski definition) is 2. The monoisotopic (exact) mass is 240 g/mol. The Balaban J connectivity index is 2.28. The van der Waals surface area contributed by atoms with Crippen LogP contribution in [0.2, 0.25) is 0 Å². The van der Waals surface area contributed by atoms with Gasteiger partial charge in [0.25, 0.3) is 0 Å². The fourth-order valence-electron chi connectivity index (χ4n) is 2.37. The van der Waals surface area contributed by atoms with Gasteiger partial charge < -0.3 is 4.74 Å². The zero-order valence-corrected chi connectivity index (χ0v) is 9.83. The highest BCUT2D eigenvalue weighted by atomic mass is 19.1. The highest BCUT2D eigenvalue weighted by Crippen LogP contribution is 2.35. The van der Waals surface area contributed by atoms with Gasteiger partial charge in [-0.15, -0.1) is 0 Å². The summed E-state index contributed by atoms with van der Waals surface area (Å²) in [5, 5.41) is 0. The van der Waals surface area contributed by atoms with Crippen molar-refractivity contribution in [3.8, 4) is 0 Å². The van der Waals surface area contributed by atoms with Gasteiger partial charge in [0.05, 0.1) is 0 Å². The highest BCUT2D eigenvalue weighted by molar-refractivity contribution is 5.23. The van der Waals surface area contributed by atoms with Crippen molar-refractivity contribution in [1.82, 2.24) is 4.90 Å². The van der Waals surface area contributed by atoms with E-state index < -0.39 is 5.82 Å². The number of ether oxygens (including phenoxy) is 1. The summed E-state index contributed by atoms with van der Waals surface area (Å²) in [5.74, 6) is -0.780. The Morgan fingerprint density at radius 2 is 2.24 bits per heavy atom. The van der Waals surface area contributed by atoms with Gasteiger partial charge in [-0.1, -0.05) is 0 Å². The molecule has 2 rings (SSSR count). The molecule has 0 spiro atoms. The minimum absolute atomic E-state index is 0.145.